The minimum atomic E-state index is -4.89. The average molecular weight is 403 g/mol. The fraction of sp³-hybridized carbons (Fsp3) is 0.222. The molecule has 2 aliphatic heterocycles. The van der Waals surface area contributed by atoms with Gasteiger partial charge in [0.25, 0.3) is 0 Å². The van der Waals surface area contributed by atoms with Crippen molar-refractivity contribution in [2.24, 2.45) is 0 Å². The van der Waals surface area contributed by atoms with Crippen LogP contribution in [0.5, 0.6) is 0 Å². The molecule has 3 amide bonds. The minimum Gasteiger partial charge on any atom is -0.350 e. The molecule has 0 saturated carbocycles. The Bertz CT molecular complexity index is 1030. The molecule has 9 nitrogen and oxygen atoms in total. The van der Waals surface area contributed by atoms with E-state index in [4.69, 9.17) is 4.55 Å². The number of urea groups is 1. The van der Waals surface area contributed by atoms with Crippen molar-refractivity contribution in [3.05, 3.63) is 71.3 Å². The van der Waals surface area contributed by atoms with E-state index in [1.807, 2.05) is 30.3 Å². The SMILES string of the molecule is O=C(NCc1ccccc1)C1c2ccccc2C2CN1C(=O)N2OS(=O)(=O)O. The van der Waals surface area contributed by atoms with Gasteiger partial charge in [0, 0.05) is 6.54 Å². The number of rotatable bonds is 5. The van der Waals surface area contributed by atoms with Gasteiger partial charge in [0.05, 0.1) is 6.54 Å². The van der Waals surface area contributed by atoms with Crippen molar-refractivity contribution >= 4 is 22.3 Å². The Labute approximate surface area is 161 Å². The van der Waals surface area contributed by atoms with Crippen LogP contribution in [-0.4, -0.2) is 41.4 Å². The highest BCUT2D eigenvalue weighted by Crippen LogP contribution is 2.44. The monoisotopic (exact) mass is 403 g/mol. The lowest BCUT2D eigenvalue weighted by molar-refractivity contribution is -0.125. The predicted molar refractivity (Wildman–Crippen MR) is 96.8 cm³/mol. The molecule has 146 valence electrons. The number of nitrogens with one attached hydrogen (secondary N) is 1. The van der Waals surface area contributed by atoms with Crippen molar-refractivity contribution in [3.8, 4) is 0 Å². The summed E-state index contributed by atoms with van der Waals surface area (Å²) in [5.41, 5.74) is 2.08. The first-order chi connectivity index (χ1) is 13.3. The fourth-order valence-electron chi connectivity index (χ4n) is 3.62. The maximum Gasteiger partial charge on any atom is 0.418 e. The van der Waals surface area contributed by atoms with Crippen LogP contribution in [-0.2, 0) is 26.0 Å². The van der Waals surface area contributed by atoms with E-state index in [9.17, 15) is 18.0 Å². The number of benzene rings is 2. The lowest BCUT2D eigenvalue weighted by atomic mass is 9.90. The van der Waals surface area contributed by atoms with Crippen LogP contribution in [0.3, 0.4) is 0 Å². The first kappa shape index (κ1) is 18.4. The van der Waals surface area contributed by atoms with Crippen LogP contribution in [0.2, 0.25) is 0 Å². The Morgan fingerprint density at radius 1 is 1.11 bits per heavy atom. The van der Waals surface area contributed by atoms with Crippen molar-refractivity contribution in [1.29, 1.82) is 0 Å². The van der Waals surface area contributed by atoms with Crippen LogP contribution in [0, 0.1) is 0 Å². The summed E-state index contributed by atoms with van der Waals surface area (Å²) in [5.74, 6) is -0.392. The van der Waals surface area contributed by atoms with E-state index in [2.05, 4.69) is 9.60 Å². The zero-order valence-corrected chi connectivity index (χ0v) is 15.4. The molecule has 2 aromatic rings. The number of hydrogen-bond acceptors (Lipinski definition) is 5. The maximum absolute atomic E-state index is 12.9. The van der Waals surface area contributed by atoms with Gasteiger partial charge < -0.3 is 10.2 Å². The maximum atomic E-state index is 12.9. The van der Waals surface area contributed by atoms with Crippen LogP contribution in [0.1, 0.15) is 28.8 Å². The number of carbonyl (C=O) groups excluding carboxylic acids is 2. The molecule has 2 atom stereocenters. The van der Waals surface area contributed by atoms with Gasteiger partial charge in [-0.1, -0.05) is 54.6 Å². The second kappa shape index (κ2) is 6.89. The summed E-state index contributed by atoms with van der Waals surface area (Å²) in [6.45, 7) is 0.351. The van der Waals surface area contributed by atoms with Crippen molar-refractivity contribution < 1.29 is 26.8 Å². The van der Waals surface area contributed by atoms with Crippen LogP contribution in [0.4, 0.5) is 4.79 Å². The molecule has 2 aromatic carbocycles. The summed E-state index contributed by atoms with van der Waals surface area (Å²) in [7, 11) is -4.89. The highest BCUT2D eigenvalue weighted by molar-refractivity contribution is 7.80. The van der Waals surface area contributed by atoms with Crippen molar-refractivity contribution in [2.75, 3.05) is 6.54 Å². The van der Waals surface area contributed by atoms with E-state index in [1.54, 1.807) is 24.3 Å². The number of amides is 3. The van der Waals surface area contributed by atoms with Crippen LogP contribution >= 0.6 is 0 Å². The standard InChI is InChI=1S/C18H17N3O6S/c22-17(19-10-12-6-2-1-3-7-12)16-14-9-5-4-8-13(14)15-11-20(16)18(23)21(15)27-28(24,25)26/h1-9,15-16H,10-11H2,(H,19,22)(H,24,25,26). The topological polar surface area (TPSA) is 116 Å². The number of hydrogen-bond donors (Lipinski definition) is 2. The highest BCUT2D eigenvalue weighted by atomic mass is 32.3. The lowest BCUT2D eigenvalue weighted by Crippen LogP contribution is -2.43. The summed E-state index contributed by atoms with van der Waals surface area (Å²) in [5, 5.41) is 3.41. The van der Waals surface area contributed by atoms with E-state index in [0.717, 1.165) is 5.56 Å². The quantitative estimate of drug-likeness (QED) is 0.732. The fourth-order valence-corrected chi connectivity index (χ4v) is 3.99. The Morgan fingerprint density at radius 3 is 2.43 bits per heavy atom. The van der Waals surface area contributed by atoms with E-state index >= 15 is 0 Å². The molecule has 28 heavy (non-hydrogen) atoms. The first-order valence-corrected chi connectivity index (χ1v) is 9.89. The van der Waals surface area contributed by atoms with Crippen molar-refractivity contribution in [3.63, 3.8) is 0 Å². The summed E-state index contributed by atoms with van der Waals surface area (Å²) < 4.78 is 35.8. The normalized spacial score (nSPS) is 20.8. The Morgan fingerprint density at radius 2 is 1.75 bits per heavy atom. The molecule has 0 spiro atoms. The van der Waals surface area contributed by atoms with Gasteiger partial charge in [-0.05, 0) is 16.7 Å². The van der Waals surface area contributed by atoms with Gasteiger partial charge in [-0.25, -0.2) is 4.79 Å². The number of carbonyl (C=O) groups is 2. The van der Waals surface area contributed by atoms with Gasteiger partial charge in [-0.15, -0.1) is 4.28 Å². The molecule has 1 saturated heterocycles. The molecule has 4 rings (SSSR count). The van der Waals surface area contributed by atoms with E-state index < -0.39 is 34.4 Å². The van der Waals surface area contributed by atoms with Crippen LogP contribution in [0.15, 0.2) is 54.6 Å². The summed E-state index contributed by atoms with van der Waals surface area (Å²) >= 11 is 0. The molecule has 0 aromatic heterocycles. The Balaban J connectivity index is 1.64. The van der Waals surface area contributed by atoms with Gasteiger partial charge >= 0.3 is 16.4 Å². The third kappa shape index (κ3) is 3.33. The molecular formula is C18H17N3O6S. The van der Waals surface area contributed by atoms with E-state index in [1.165, 1.54) is 4.90 Å². The number of fused-ring (bicyclic) bond motifs is 4. The molecule has 0 radical (unpaired) electrons. The van der Waals surface area contributed by atoms with Crippen molar-refractivity contribution in [1.82, 2.24) is 15.3 Å². The van der Waals surface area contributed by atoms with Crippen molar-refractivity contribution in [2.45, 2.75) is 18.6 Å². The second-order valence-corrected chi connectivity index (χ2v) is 7.52. The Kier molecular flexibility index (Phi) is 4.53. The summed E-state index contributed by atoms with van der Waals surface area (Å²) in [4.78, 5) is 26.9. The Hall–Kier alpha value is -2.95. The van der Waals surface area contributed by atoms with Crippen LogP contribution in [0.25, 0.3) is 0 Å². The summed E-state index contributed by atoms with van der Waals surface area (Å²) in [6, 6.07) is 13.7. The molecule has 10 heteroatoms. The van der Waals surface area contributed by atoms with Gasteiger partial charge in [-0.2, -0.15) is 13.5 Å². The number of nitrogens with zero attached hydrogens (tertiary/aromatic N) is 2. The zero-order valence-electron chi connectivity index (χ0n) is 14.6. The smallest absolute Gasteiger partial charge is 0.350 e. The molecule has 2 aliphatic rings. The van der Waals surface area contributed by atoms with Crippen LogP contribution < -0.4 is 5.32 Å². The number of hydroxylamine groups is 2. The molecular weight excluding hydrogens is 386 g/mol. The minimum absolute atomic E-state index is 0.0643. The van der Waals surface area contributed by atoms with Gasteiger partial charge in [-0.3, -0.25) is 9.35 Å². The van der Waals surface area contributed by atoms with Gasteiger partial charge in [0.15, 0.2) is 0 Å². The third-order valence-electron chi connectivity index (χ3n) is 4.78. The second-order valence-electron chi connectivity index (χ2n) is 6.51. The average Bonchev–Trinajstić information content (AvgIpc) is 2.93. The lowest BCUT2D eigenvalue weighted by Gasteiger charge is -2.31. The molecule has 2 bridgehead atoms. The highest BCUT2D eigenvalue weighted by Gasteiger charge is 2.51. The molecule has 0 aliphatic carbocycles. The van der Waals surface area contributed by atoms with Gasteiger partial charge in [0.1, 0.15) is 12.1 Å². The van der Waals surface area contributed by atoms with E-state index in [-0.39, 0.29) is 13.1 Å². The first-order valence-electron chi connectivity index (χ1n) is 8.52. The van der Waals surface area contributed by atoms with Gasteiger partial charge in [0.2, 0.25) is 5.91 Å². The molecule has 1 fully saturated rings. The summed E-state index contributed by atoms with van der Waals surface area (Å²) in [6.07, 6.45) is 0. The molecule has 2 N–H and O–H groups in total. The zero-order chi connectivity index (χ0) is 19.9. The predicted octanol–water partition coefficient (Wildman–Crippen LogP) is 1.57. The third-order valence-corrected chi connectivity index (χ3v) is 5.13. The molecule has 2 unspecified atom stereocenters. The van der Waals surface area contributed by atoms with E-state index in [0.29, 0.717) is 16.2 Å². The molecule has 2 heterocycles. The largest absolute Gasteiger partial charge is 0.418 e.